The maximum Gasteiger partial charge on any atom is 0.339 e. The number of carbonyl (C=O) groups is 3. The number of nitrogens with one attached hydrogen (secondary N) is 2. The van der Waals surface area contributed by atoms with Crippen LogP contribution in [0.3, 0.4) is 0 Å². The third kappa shape index (κ3) is 6.33. The van der Waals surface area contributed by atoms with Gasteiger partial charge >= 0.3 is 12.0 Å². The number of esters is 1. The van der Waals surface area contributed by atoms with E-state index in [4.69, 9.17) is 14.2 Å². The predicted molar refractivity (Wildman–Crippen MR) is 90.9 cm³/mol. The van der Waals surface area contributed by atoms with Gasteiger partial charge in [-0.2, -0.15) is 0 Å². The summed E-state index contributed by atoms with van der Waals surface area (Å²) < 4.78 is 16.0. The van der Waals surface area contributed by atoms with E-state index in [2.05, 4.69) is 10.6 Å². The number of imide groups is 1. The van der Waals surface area contributed by atoms with Gasteiger partial charge in [0.1, 0.15) is 0 Å². The molecule has 2 N–H and O–H groups in total. The molecule has 0 aliphatic heterocycles. The molecule has 1 aromatic carbocycles. The molecule has 0 aromatic heterocycles. The maximum absolute atomic E-state index is 12.2. The molecule has 3 amide bonds. The summed E-state index contributed by atoms with van der Waals surface area (Å²) in [4.78, 5) is 35.3. The number of urea groups is 1. The van der Waals surface area contributed by atoms with Crippen LogP contribution in [0.5, 0.6) is 11.5 Å². The quantitative estimate of drug-likeness (QED) is 0.693. The number of benzene rings is 1. The van der Waals surface area contributed by atoms with Crippen molar-refractivity contribution in [3.63, 3.8) is 0 Å². The first-order chi connectivity index (χ1) is 11.9. The molecule has 1 aromatic rings. The molecule has 1 atom stereocenters. The predicted octanol–water partition coefficient (Wildman–Crippen LogP) is 1.87. The zero-order valence-electron chi connectivity index (χ0n) is 14.9. The van der Waals surface area contributed by atoms with E-state index in [9.17, 15) is 14.4 Å². The third-order valence-electron chi connectivity index (χ3n) is 3.01. The lowest BCUT2D eigenvalue weighted by atomic mass is 10.2. The molecule has 25 heavy (non-hydrogen) atoms. The molecule has 8 heteroatoms. The highest BCUT2D eigenvalue weighted by Gasteiger charge is 2.21. The Labute approximate surface area is 146 Å². The number of hydrogen-bond acceptors (Lipinski definition) is 6. The molecular weight excluding hydrogens is 328 g/mol. The summed E-state index contributed by atoms with van der Waals surface area (Å²) in [5, 5.41) is 4.50. The summed E-state index contributed by atoms with van der Waals surface area (Å²) in [7, 11) is 0. The van der Waals surface area contributed by atoms with Crippen molar-refractivity contribution in [2.45, 2.75) is 33.8 Å². The standard InChI is InChI=1S/C17H24N2O6/c1-5-18-17(22)19-15(20)11(4)25-16(21)12-8-9-13(23-6-2)14(10-12)24-7-3/h8-11H,5-7H2,1-4H3,(H2,18,19,20,22). The molecule has 0 heterocycles. The van der Waals surface area contributed by atoms with Gasteiger partial charge in [-0.15, -0.1) is 0 Å². The molecule has 0 fully saturated rings. The van der Waals surface area contributed by atoms with Crippen LogP contribution in [-0.4, -0.2) is 43.8 Å². The zero-order valence-corrected chi connectivity index (χ0v) is 14.9. The number of ether oxygens (including phenoxy) is 3. The van der Waals surface area contributed by atoms with Crippen molar-refractivity contribution in [1.29, 1.82) is 0 Å². The lowest BCUT2D eigenvalue weighted by Crippen LogP contribution is -2.44. The minimum absolute atomic E-state index is 0.213. The highest BCUT2D eigenvalue weighted by molar-refractivity contribution is 5.98. The Morgan fingerprint density at radius 3 is 2.28 bits per heavy atom. The molecule has 0 saturated heterocycles. The molecule has 0 saturated carbocycles. The molecule has 1 unspecified atom stereocenters. The average Bonchev–Trinajstić information content (AvgIpc) is 2.56. The van der Waals surface area contributed by atoms with E-state index in [1.54, 1.807) is 13.0 Å². The van der Waals surface area contributed by atoms with Gasteiger partial charge in [0.2, 0.25) is 0 Å². The van der Waals surface area contributed by atoms with Crippen LogP contribution in [0, 0.1) is 0 Å². The van der Waals surface area contributed by atoms with E-state index in [1.807, 2.05) is 13.8 Å². The maximum atomic E-state index is 12.2. The molecule has 0 spiro atoms. The van der Waals surface area contributed by atoms with Crippen LogP contribution >= 0.6 is 0 Å². The van der Waals surface area contributed by atoms with E-state index in [0.29, 0.717) is 31.3 Å². The highest BCUT2D eigenvalue weighted by atomic mass is 16.5. The fraction of sp³-hybridized carbons (Fsp3) is 0.471. The van der Waals surface area contributed by atoms with Crippen molar-refractivity contribution in [3.8, 4) is 11.5 Å². The first kappa shape index (κ1) is 20.3. The largest absolute Gasteiger partial charge is 0.490 e. The fourth-order valence-corrected chi connectivity index (χ4v) is 1.88. The summed E-state index contributed by atoms with van der Waals surface area (Å²) >= 11 is 0. The summed E-state index contributed by atoms with van der Waals surface area (Å²) in [5.41, 5.74) is 0.213. The number of hydrogen-bond donors (Lipinski definition) is 2. The highest BCUT2D eigenvalue weighted by Crippen LogP contribution is 2.28. The van der Waals surface area contributed by atoms with Crippen molar-refractivity contribution >= 4 is 17.9 Å². The van der Waals surface area contributed by atoms with Crippen LogP contribution in [0.4, 0.5) is 4.79 Å². The van der Waals surface area contributed by atoms with E-state index < -0.39 is 24.0 Å². The molecular formula is C17H24N2O6. The van der Waals surface area contributed by atoms with Crippen LogP contribution in [0.1, 0.15) is 38.1 Å². The minimum Gasteiger partial charge on any atom is -0.490 e. The zero-order chi connectivity index (χ0) is 18.8. The van der Waals surface area contributed by atoms with Crippen molar-refractivity contribution in [2.75, 3.05) is 19.8 Å². The van der Waals surface area contributed by atoms with Gasteiger partial charge in [-0.3, -0.25) is 10.1 Å². The molecule has 0 aliphatic rings. The summed E-state index contributed by atoms with van der Waals surface area (Å²) in [6.07, 6.45) is -1.13. The Balaban J connectivity index is 2.77. The number of carbonyl (C=O) groups excluding carboxylic acids is 3. The number of rotatable bonds is 8. The Morgan fingerprint density at radius 2 is 1.68 bits per heavy atom. The van der Waals surface area contributed by atoms with E-state index in [1.165, 1.54) is 19.1 Å². The van der Waals surface area contributed by atoms with Crippen LogP contribution in [-0.2, 0) is 9.53 Å². The first-order valence-electron chi connectivity index (χ1n) is 8.12. The Morgan fingerprint density at radius 1 is 1.04 bits per heavy atom. The van der Waals surface area contributed by atoms with Gasteiger partial charge in [0.05, 0.1) is 18.8 Å². The Kier molecular flexibility index (Phi) is 8.25. The Hall–Kier alpha value is -2.77. The summed E-state index contributed by atoms with van der Waals surface area (Å²) in [5.74, 6) is -0.487. The molecule has 138 valence electrons. The monoisotopic (exact) mass is 352 g/mol. The van der Waals surface area contributed by atoms with Crippen LogP contribution in [0.2, 0.25) is 0 Å². The lowest BCUT2D eigenvalue weighted by molar-refractivity contribution is -0.127. The molecule has 0 aliphatic carbocycles. The normalized spacial score (nSPS) is 11.2. The second-order valence-corrected chi connectivity index (χ2v) is 4.92. The summed E-state index contributed by atoms with van der Waals surface area (Å²) in [6, 6.07) is 3.97. The first-order valence-corrected chi connectivity index (χ1v) is 8.12. The average molecular weight is 352 g/mol. The molecule has 0 radical (unpaired) electrons. The van der Waals surface area contributed by atoms with Gasteiger partial charge in [-0.1, -0.05) is 0 Å². The van der Waals surface area contributed by atoms with E-state index >= 15 is 0 Å². The van der Waals surface area contributed by atoms with E-state index in [0.717, 1.165) is 0 Å². The fourth-order valence-electron chi connectivity index (χ4n) is 1.88. The lowest BCUT2D eigenvalue weighted by Gasteiger charge is -2.15. The van der Waals surface area contributed by atoms with Crippen LogP contribution in [0.25, 0.3) is 0 Å². The van der Waals surface area contributed by atoms with Crippen molar-refractivity contribution in [1.82, 2.24) is 10.6 Å². The van der Waals surface area contributed by atoms with Gasteiger partial charge in [-0.25, -0.2) is 9.59 Å². The smallest absolute Gasteiger partial charge is 0.339 e. The molecule has 8 nitrogen and oxygen atoms in total. The van der Waals surface area contributed by atoms with Crippen LogP contribution in [0.15, 0.2) is 18.2 Å². The molecule has 1 rings (SSSR count). The van der Waals surface area contributed by atoms with Gasteiger partial charge in [0, 0.05) is 6.54 Å². The number of amides is 3. The third-order valence-corrected chi connectivity index (χ3v) is 3.01. The van der Waals surface area contributed by atoms with Crippen LogP contribution < -0.4 is 20.1 Å². The van der Waals surface area contributed by atoms with Gasteiger partial charge in [-0.05, 0) is 45.9 Å². The van der Waals surface area contributed by atoms with E-state index in [-0.39, 0.29) is 5.56 Å². The molecule has 0 bridgehead atoms. The Bertz CT molecular complexity index is 617. The van der Waals surface area contributed by atoms with Gasteiger partial charge < -0.3 is 19.5 Å². The SMILES string of the molecule is CCNC(=O)NC(=O)C(C)OC(=O)c1ccc(OCC)c(OCC)c1. The second kappa shape index (κ2) is 10.2. The topological polar surface area (TPSA) is 103 Å². The minimum atomic E-state index is -1.13. The van der Waals surface area contributed by atoms with Gasteiger partial charge in [0.25, 0.3) is 5.91 Å². The second-order valence-electron chi connectivity index (χ2n) is 4.92. The summed E-state index contributed by atoms with van der Waals surface area (Å²) in [6.45, 7) is 7.99. The van der Waals surface area contributed by atoms with Crippen molar-refractivity contribution in [2.24, 2.45) is 0 Å². The van der Waals surface area contributed by atoms with Crippen molar-refractivity contribution < 1.29 is 28.6 Å². The van der Waals surface area contributed by atoms with Crippen molar-refractivity contribution in [3.05, 3.63) is 23.8 Å². The van der Waals surface area contributed by atoms with Gasteiger partial charge in [0.15, 0.2) is 17.6 Å².